The van der Waals surface area contributed by atoms with E-state index in [0.29, 0.717) is 5.56 Å². The molecule has 7 heteroatoms. The molecule has 0 radical (unpaired) electrons. The van der Waals surface area contributed by atoms with Crippen molar-refractivity contribution in [1.82, 2.24) is 0 Å². The van der Waals surface area contributed by atoms with Crippen molar-refractivity contribution in [2.24, 2.45) is 0 Å². The Kier molecular flexibility index (Phi) is 3.99. The van der Waals surface area contributed by atoms with Crippen molar-refractivity contribution in [3.63, 3.8) is 0 Å². The van der Waals surface area contributed by atoms with E-state index in [0.717, 1.165) is 6.07 Å². The van der Waals surface area contributed by atoms with Crippen LogP contribution < -0.4 is 9.67 Å². The van der Waals surface area contributed by atoms with Gasteiger partial charge in [-0.25, -0.2) is 0 Å². The second-order valence-corrected chi connectivity index (χ2v) is 7.43. The van der Waals surface area contributed by atoms with E-state index in [2.05, 4.69) is 5.32 Å². The summed E-state index contributed by atoms with van der Waals surface area (Å²) in [7, 11) is 0. The summed E-state index contributed by atoms with van der Waals surface area (Å²) in [4.78, 5) is 11.9. The van der Waals surface area contributed by atoms with E-state index < -0.39 is 25.8 Å². The molecule has 0 fully saturated rings. The van der Waals surface area contributed by atoms with E-state index in [1.54, 1.807) is 30.3 Å². The molecule has 4 N–H and O–H groups in total. The third-order valence-corrected chi connectivity index (χ3v) is 4.60. The molecule has 0 spiro atoms. The molecule has 6 nitrogen and oxygen atoms in total. The van der Waals surface area contributed by atoms with Gasteiger partial charge in [-0.05, 0) is 0 Å². The second-order valence-electron chi connectivity index (χ2n) is 4.07. The monoisotopic (exact) mass is 337 g/mol. The van der Waals surface area contributed by atoms with Gasteiger partial charge in [-0.2, -0.15) is 0 Å². The predicted molar refractivity (Wildman–Crippen MR) is 73.0 cm³/mol. The van der Waals surface area contributed by atoms with Crippen LogP contribution in [0.2, 0.25) is 0 Å². The first-order chi connectivity index (χ1) is 9.38. The molecule has 1 amide bonds. The van der Waals surface area contributed by atoms with Gasteiger partial charge in [-0.1, -0.05) is 0 Å². The standard InChI is InChI=1S/C13H12AsNO5/c16-12-8-10(14(18,19)20)6-7-11(12)15-13(17)9-4-2-1-3-5-9/h1-8,16H,(H,15,17)(H2,18,19,20). The number of carbonyl (C=O) groups excluding carboxylic acids is 1. The average Bonchev–Trinajstić information content (AvgIpc) is 2.41. The Hall–Kier alpha value is -2.01. The Labute approximate surface area is 117 Å². The first-order valence-electron chi connectivity index (χ1n) is 5.63. The summed E-state index contributed by atoms with van der Waals surface area (Å²) < 4.78 is 28.9. The molecule has 0 bridgehead atoms. The number of benzene rings is 2. The van der Waals surface area contributed by atoms with Gasteiger partial charge in [0.2, 0.25) is 0 Å². The first kappa shape index (κ1) is 14.4. The van der Waals surface area contributed by atoms with Gasteiger partial charge >= 0.3 is 117 Å². The molecule has 2 aromatic carbocycles. The quantitative estimate of drug-likeness (QED) is 0.473. The van der Waals surface area contributed by atoms with E-state index in [4.69, 9.17) is 8.19 Å². The summed E-state index contributed by atoms with van der Waals surface area (Å²) in [5.74, 6) is -0.813. The van der Waals surface area contributed by atoms with Gasteiger partial charge in [-0.3, -0.25) is 0 Å². The molecular weight excluding hydrogens is 325 g/mol. The minimum atomic E-state index is -5.05. The van der Waals surface area contributed by atoms with Gasteiger partial charge in [0.15, 0.2) is 0 Å². The zero-order chi connectivity index (χ0) is 14.8. The number of phenols is 1. The van der Waals surface area contributed by atoms with E-state index in [9.17, 15) is 13.6 Å². The Bertz CT molecular complexity index is 680. The van der Waals surface area contributed by atoms with Gasteiger partial charge < -0.3 is 0 Å². The van der Waals surface area contributed by atoms with Crippen molar-refractivity contribution < 1.29 is 21.8 Å². The van der Waals surface area contributed by atoms with E-state index >= 15 is 0 Å². The van der Waals surface area contributed by atoms with Crippen LogP contribution in [0.4, 0.5) is 5.69 Å². The Balaban J connectivity index is 2.23. The summed E-state index contributed by atoms with van der Waals surface area (Å²) >= 11 is -5.05. The molecule has 0 unspecified atom stereocenters. The van der Waals surface area contributed by atoms with Gasteiger partial charge in [0.25, 0.3) is 0 Å². The van der Waals surface area contributed by atoms with Gasteiger partial charge in [0.05, 0.1) is 0 Å². The number of hydrogen-bond acceptors (Lipinski definition) is 3. The number of amides is 1. The molecular formula is C13H12AsNO5. The summed E-state index contributed by atoms with van der Waals surface area (Å²) in [5.41, 5.74) is 0.501. The zero-order valence-corrected chi connectivity index (χ0v) is 12.1. The van der Waals surface area contributed by atoms with Crippen molar-refractivity contribution in [3.8, 4) is 5.75 Å². The molecule has 20 heavy (non-hydrogen) atoms. The average molecular weight is 337 g/mol. The van der Waals surface area contributed by atoms with Crippen LogP contribution in [0.15, 0.2) is 48.5 Å². The molecule has 2 aromatic rings. The molecule has 104 valence electrons. The van der Waals surface area contributed by atoms with Crippen LogP contribution in [-0.4, -0.2) is 33.4 Å². The topological polar surface area (TPSA) is 107 Å². The van der Waals surface area contributed by atoms with Crippen LogP contribution in [0.3, 0.4) is 0 Å². The molecule has 0 aliphatic carbocycles. The van der Waals surface area contributed by atoms with Gasteiger partial charge in [0.1, 0.15) is 0 Å². The fraction of sp³-hybridized carbons (Fsp3) is 0. The number of hydrogen-bond donors (Lipinski definition) is 4. The fourth-order valence-corrected chi connectivity index (χ4v) is 2.76. The molecule has 0 heterocycles. The molecule has 0 aliphatic rings. The maximum absolute atomic E-state index is 11.9. The van der Waals surface area contributed by atoms with E-state index in [1.807, 2.05) is 0 Å². The maximum atomic E-state index is 11.9. The van der Waals surface area contributed by atoms with Crippen molar-refractivity contribution in [2.75, 3.05) is 5.32 Å². The van der Waals surface area contributed by atoms with Crippen LogP contribution >= 0.6 is 0 Å². The third kappa shape index (κ3) is 3.30. The number of phenolic OH excluding ortho intramolecular Hbond substituents is 1. The molecule has 0 saturated heterocycles. The Morgan fingerprint density at radius 2 is 1.70 bits per heavy atom. The fourth-order valence-electron chi connectivity index (χ4n) is 1.59. The van der Waals surface area contributed by atoms with Gasteiger partial charge in [-0.15, -0.1) is 0 Å². The Morgan fingerprint density at radius 3 is 2.25 bits per heavy atom. The van der Waals surface area contributed by atoms with Crippen LogP contribution in [0, 0.1) is 0 Å². The Morgan fingerprint density at radius 1 is 1.05 bits per heavy atom. The summed E-state index contributed by atoms with van der Waals surface area (Å²) in [5, 5.41) is 12.2. The molecule has 0 aromatic heterocycles. The van der Waals surface area contributed by atoms with Gasteiger partial charge in [0, 0.05) is 0 Å². The van der Waals surface area contributed by atoms with Crippen LogP contribution in [0.5, 0.6) is 5.75 Å². The predicted octanol–water partition coefficient (Wildman–Crippen LogP) is 0.205. The number of nitrogens with one attached hydrogen (secondary N) is 1. The van der Waals surface area contributed by atoms with Crippen molar-refractivity contribution in [2.45, 2.75) is 0 Å². The summed E-state index contributed by atoms with van der Waals surface area (Å²) in [6.07, 6.45) is 0. The van der Waals surface area contributed by atoms with Crippen molar-refractivity contribution in [3.05, 3.63) is 54.1 Å². The molecule has 0 saturated carbocycles. The van der Waals surface area contributed by atoms with Crippen LogP contribution in [-0.2, 0) is 3.74 Å². The summed E-state index contributed by atoms with van der Waals surface area (Å²) in [6.45, 7) is 0. The second kappa shape index (κ2) is 5.54. The SMILES string of the molecule is O=C(Nc1ccc([As](=O)(O)O)cc1O)c1ccccc1. The van der Waals surface area contributed by atoms with E-state index in [-0.39, 0.29) is 10.0 Å². The van der Waals surface area contributed by atoms with Crippen LogP contribution in [0.25, 0.3) is 0 Å². The number of anilines is 1. The van der Waals surface area contributed by atoms with E-state index in [1.165, 1.54) is 12.1 Å². The van der Waals surface area contributed by atoms with Crippen molar-refractivity contribution in [1.29, 1.82) is 0 Å². The zero-order valence-electron chi connectivity index (χ0n) is 10.2. The first-order valence-corrected chi connectivity index (χ1v) is 9.02. The molecule has 2 rings (SSSR count). The summed E-state index contributed by atoms with van der Waals surface area (Å²) in [6, 6.07) is 11.8. The molecule has 0 atom stereocenters. The number of aromatic hydroxyl groups is 1. The third-order valence-electron chi connectivity index (χ3n) is 2.60. The number of rotatable bonds is 3. The number of carbonyl (C=O) groups is 1. The van der Waals surface area contributed by atoms with Crippen LogP contribution in [0.1, 0.15) is 10.4 Å². The molecule has 0 aliphatic heterocycles. The van der Waals surface area contributed by atoms with Crippen molar-refractivity contribution >= 4 is 30.1 Å². The normalized spacial score (nSPS) is 11.1. The minimum absolute atomic E-state index is 0.0894.